The summed E-state index contributed by atoms with van der Waals surface area (Å²) in [7, 11) is 0. The quantitative estimate of drug-likeness (QED) is 0.859. The maximum Gasteiger partial charge on any atom is 0.0836 e. The topological polar surface area (TPSA) is 46.2 Å². The van der Waals surface area contributed by atoms with E-state index in [1.807, 2.05) is 60.7 Å². The molecule has 3 N–H and O–H groups in total. The van der Waals surface area contributed by atoms with Crippen molar-refractivity contribution in [3.63, 3.8) is 0 Å². The molecule has 2 aromatic carbocycles. The predicted molar refractivity (Wildman–Crippen MR) is 78.6 cm³/mol. The lowest BCUT2D eigenvalue weighted by atomic mass is 9.84. The van der Waals surface area contributed by atoms with Crippen LogP contribution >= 0.6 is 0 Å². The zero-order valence-electron chi connectivity index (χ0n) is 11.2. The van der Waals surface area contributed by atoms with Gasteiger partial charge < -0.3 is 10.8 Å². The Bertz CT molecular complexity index is 438. The van der Waals surface area contributed by atoms with Crippen LogP contribution in [-0.2, 0) is 0 Å². The summed E-state index contributed by atoms with van der Waals surface area (Å²) in [5.74, 6) is 0.0183. The van der Waals surface area contributed by atoms with Gasteiger partial charge >= 0.3 is 0 Å². The second kappa shape index (κ2) is 6.50. The van der Waals surface area contributed by atoms with Crippen LogP contribution < -0.4 is 5.73 Å². The van der Waals surface area contributed by atoms with E-state index >= 15 is 0 Å². The molecule has 0 heterocycles. The summed E-state index contributed by atoms with van der Waals surface area (Å²) in [6, 6.07) is 19.6. The highest BCUT2D eigenvalue weighted by molar-refractivity contribution is 5.23. The van der Waals surface area contributed by atoms with Gasteiger partial charge in [0.05, 0.1) is 6.10 Å². The van der Waals surface area contributed by atoms with Gasteiger partial charge in [-0.15, -0.1) is 0 Å². The van der Waals surface area contributed by atoms with Crippen molar-refractivity contribution in [3.05, 3.63) is 71.8 Å². The van der Waals surface area contributed by atoms with E-state index in [-0.39, 0.29) is 12.0 Å². The van der Waals surface area contributed by atoms with Crippen LogP contribution in [0.4, 0.5) is 0 Å². The van der Waals surface area contributed by atoms with Crippen LogP contribution in [0.2, 0.25) is 0 Å². The van der Waals surface area contributed by atoms with Crippen molar-refractivity contribution >= 4 is 0 Å². The molecule has 0 spiro atoms. The fourth-order valence-corrected chi connectivity index (χ4v) is 2.49. The monoisotopic (exact) mass is 255 g/mol. The van der Waals surface area contributed by atoms with Crippen molar-refractivity contribution in [2.45, 2.75) is 25.5 Å². The summed E-state index contributed by atoms with van der Waals surface area (Å²) < 4.78 is 0. The Kier molecular flexibility index (Phi) is 4.72. The molecule has 19 heavy (non-hydrogen) atoms. The standard InChI is InChI=1S/C17H21NO/c1-2-15(16(18)13-9-5-3-6-10-13)17(19)14-11-7-4-8-12-14/h3-12,15-17,19H,2,18H2,1H3/t15-,16-,17+/m0/s1. The van der Waals surface area contributed by atoms with E-state index in [0.29, 0.717) is 0 Å². The van der Waals surface area contributed by atoms with E-state index in [2.05, 4.69) is 6.92 Å². The van der Waals surface area contributed by atoms with Crippen LogP contribution in [0.5, 0.6) is 0 Å². The van der Waals surface area contributed by atoms with Gasteiger partial charge in [-0.2, -0.15) is 0 Å². The molecule has 0 unspecified atom stereocenters. The smallest absolute Gasteiger partial charge is 0.0836 e. The van der Waals surface area contributed by atoms with E-state index in [9.17, 15) is 5.11 Å². The number of hydrogen-bond acceptors (Lipinski definition) is 2. The first-order valence-corrected chi connectivity index (χ1v) is 6.77. The highest BCUT2D eigenvalue weighted by atomic mass is 16.3. The van der Waals surface area contributed by atoms with Crippen molar-refractivity contribution in [3.8, 4) is 0 Å². The molecule has 0 fully saturated rings. The van der Waals surface area contributed by atoms with Crippen molar-refractivity contribution in [1.82, 2.24) is 0 Å². The highest BCUT2D eigenvalue weighted by Gasteiger charge is 2.26. The number of hydrogen-bond donors (Lipinski definition) is 2. The van der Waals surface area contributed by atoms with Crippen LogP contribution in [0.15, 0.2) is 60.7 Å². The lowest BCUT2D eigenvalue weighted by Crippen LogP contribution is -2.26. The molecule has 0 radical (unpaired) electrons. The molecule has 0 aliphatic rings. The van der Waals surface area contributed by atoms with Crippen LogP contribution in [0.3, 0.4) is 0 Å². The Morgan fingerprint density at radius 2 is 1.37 bits per heavy atom. The number of nitrogens with two attached hydrogens (primary N) is 1. The van der Waals surface area contributed by atoms with Crippen LogP contribution in [0.1, 0.15) is 36.6 Å². The number of aliphatic hydroxyl groups excluding tert-OH is 1. The summed E-state index contributed by atoms with van der Waals surface area (Å²) in [6.45, 7) is 2.07. The van der Waals surface area contributed by atoms with Gasteiger partial charge in [0.1, 0.15) is 0 Å². The third-order valence-corrected chi connectivity index (χ3v) is 3.66. The second-order valence-electron chi connectivity index (χ2n) is 4.86. The minimum atomic E-state index is -0.526. The van der Waals surface area contributed by atoms with Gasteiger partial charge in [-0.1, -0.05) is 67.6 Å². The Balaban J connectivity index is 2.20. The first kappa shape index (κ1) is 13.8. The lowest BCUT2D eigenvalue weighted by molar-refractivity contribution is 0.0898. The summed E-state index contributed by atoms with van der Waals surface area (Å²) in [4.78, 5) is 0. The van der Waals surface area contributed by atoms with E-state index in [1.165, 1.54) is 0 Å². The fraction of sp³-hybridized carbons (Fsp3) is 0.294. The molecule has 0 saturated carbocycles. The molecule has 0 bridgehead atoms. The van der Waals surface area contributed by atoms with Gasteiger partial charge in [-0.05, 0) is 17.5 Å². The van der Waals surface area contributed by atoms with E-state index in [4.69, 9.17) is 5.73 Å². The van der Waals surface area contributed by atoms with Crippen molar-refractivity contribution in [1.29, 1.82) is 0 Å². The molecular weight excluding hydrogens is 234 g/mol. The molecule has 3 atom stereocenters. The zero-order valence-corrected chi connectivity index (χ0v) is 11.2. The lowest BCUT2D eigenvalue weighted by Gasteiger charge is -2.28. The summed E-state index contributed by atoms with van der Waals surface area (Å²) in [5.41, 5.74) is 8.33. The molecular formula is C17H21NO. The van der Waals surface area contributed by atoms with E-state index in [1.54, 1.807) is 0 Å². The van der Waals surface area contributed by atoms with Gasteiger partial charge in [0.15, 0.2) is 0 Å². The molecule has 0 saturated heterocycles. The van der Waals surface area contributed by atoms with Gasteiger partial charge in [0.25, 0.3) is 0 Å². The third-order valence-electron chi connectivity index (χ3n) is 3.66. The fourth-order valence-electron chi connectivity index (χ4n) is 2.49. The van der Waals surface area contributed by atoms with E-state index < -0.39 is 6.10 Å². The molecule has 2 nitrogen and oxygen atoms in total. The van der Waals surface area contributed by atoms with Crippen molar-refractivity contribution < 1.29 is 5.11 Å². The second-order valence-corrected chi connectivity index (χ2v) is 4.86. The number of aliphatic hydroxyl groups is 1. The molecule has 0 amide bonds. The molecule has 2 aromatic rings. The first-order valence-electron chi connectivity index (χ1n) is 6.77. The van der Waals surface area contributed by atoms with E-state index in [0.717, 1.165) is 17.5 Å². The molecule has 0 aliphatic carbocycles. The molecule has 0 aliphatic heterocycles. The Morgan fingerprint density at radius 3 is 1.84 bits per heavy atom. The van der Waals surface area contributed by atoms with Gasteiger partial charge in [0, 0.05) is 12.0 Å². The molecule has 0 aromatic heterocycles. The van der Waals surface area contributed by atoms with Crippen LogP contribution in [-0.4, -0.2) is 5.11 Å². The van der Waals surface area contributed by atoms with Gasteiger partial charge in [0.2, 0.25) is 0 Å². The molecule has 2 rings (SSSR count). The van der Waals surface area contributed by atoms with Crippen molar-refractivity contribution in [2.24, 2.45) is 11.7 Å². The van der Waals surface area contributed by atoms with Crippen LogP contribution in [0, 0.1) is 5.92 Å². The van der Waals surface area contributed by atoms with Gasteiger partial charge in [-0.25, -0.2) is 0 Å². The Hall–Kier alpha value is -1.64. The van der Waals surface area contributed by atoms with Crippen LogP contribution in [0.25, 0.3) is 0 Å². The summed E-state index contributed by atoms with van der Waals surface area (Å²) in [5, 5.41) is 10.5. The number of benzene rings is 2. The maximum atomic E-state index is 10.5. The third kappa shape index (κ3) is 3.22. The Labute approximate surface area is 114 Å². The first-order chi connectivity index (χ1) is 9.24. The highest BCUT2D eigenvalue weighted by Crippen LogP contribution is 2.33. The normalized spacial score (nSPS) is 15.7. The summed E-state index contributed by atoms with van der Waals surface area (Å²) >= 11 is 0. The van der Waals surface area contributed by atoms with Crippen molar-refractivity contribution in [2.75, 3.05) is 0 Å². The largest absolute Gasteiger partial charge is 0.388 e. The summed E-state index contributed by atoms with van der Waals surface area (Å²) in [6.07, 6.45) is 0.313. The van der Waals surface area contributed by atoms with Gasteiger partial charge in [-0.3, -0.25) is 0 Å². The Morgan fingerprint density at radius 1 is 0.895 bits per heavy atom. The maximum absolute atomic E-state index is 10.5. The minimum absolute atomic E-state index is 0.0183. The average molecular weight is 255 g/mol. The minimum Gasteiger partial charge on any atom is -0.388 e. The molecule has 2 heteroatoms. The predicted octanol–water partition coefficient (Wildman–Crippen LogP) is 3.45. The SMILES string of the molecule is CC[C@H]([C@H](O)c1ccccc1)[C@@H](N)c1ccccc1. The zero-order chi connectivity index (χ0) is 13.7. The number of rotatable bonds is 5. The average Bonchev–Trinajstić information content (AvgIpc) is 2.49. The molecule has 100 valence electrons.